The lowest BCUT2D eigenvalue weighted by atomic mass is 9.90. The van der Waals surface area contributed by atoms with Gasteiger partial charge in [0, 0.05) is 26.2 Å². The number of esters is 3. The van der Waals surface area contributed by atoms with Gasteiger partial charge in [0.15, 0.2) is 11.9 Å². The number of alkyl carbamates (subject to hydrolysis) is 1. The average Bonchev–Trinajstić information content (AvgIpc) is 3.36. The average molecular weight is 632 g/mol. The number of ketones is 1. The minimum atomic E-state index is -1.27. The Bertz CT molecular complexity index is 1460. The van der Waals surface area contributed by atoms with E-state index in [0.717, 1.165) is 11.1 Å². The molecule has 0 radical (unpaired) electrons. The summed E-state index contributed by atoms with van der Waals surface area (Å²) in [6.45, 7) is 2.17. The lowest BCUT2D eigenvalue weighted by Crippen LogP contribution is -2.43. The van der Waals surface area contributed by atoms with Crippen molar-refractivity contribution in [1.29, 1.82) is 0 Å². The summed E-state index contributed by atoms with van der Waals surface area (Å²) in [6, 6.07) is 25.8. The highest BCUT2D eigenvalue weighted by atomic mass is 16.7. The molecule has 0 aliphatic carbocycles. The van der Waals surface area contributed by atoms with Crippen LogP contribution in [0.1, 0.15) is 48.2 Å². The van der Waals surface area contributed by atoms with Crippen LogP contribution in [0.25, 0.3) is 0 Å². The predicted molar refractivity (Wildman–Crippen MR) is 164 cm³/mol. The van der Waals surface area contributed by atoms with Gasteiger partial charge in [0.2, 0.25) is 6.29 Å². The van der Waals surface area contributed by atoms with Crippen LogP contribution in [0, 0.1) is 5.92 Å². The monoisotopic (exact) mass is 631 g/mol. The van der Waals surface area contributed by atoms with Gasteiger partial charge in [-0.05, 0) is 36.1 Å². The number of carbonyl (C=O) groups is 5. The number of hydrogen-bond donors (Lipinski definition) is 1. The topological polar surface area (TPSA) is 144 Å². The minimum Gasteiger partial charge on any atom is -0.459 e. The first-order chi connectivity index (χ1) is 22.2. The van der Waals surface area contributed by atoms with Crippen molar-refractivity contribution in [3.63, 3.8) is 0 Å². The molecule has 0 saturated carbocycles. The third-order valence-electron chi connectivity index (χ3n) is 7.35. The molecule has 11 heteroatoms. The molecule has 0 bridgehead atoms. The fourth-order valence-corrected chi connectivity index (χ4v) is 5.17. The van der Waals surface area contributed by atoms with Crippen LogP contribution in [-0.4, -0.2) is 60.9 Å². The molecule has 46 heavy (non-hydrogen) atoms. The second kappa shape index (κ2) is 16.9. The van der Waals surface area contributed by atoms with Crippen molar-refractivity contribution in [2.75, 3.05) is 6.61 Å². The third kappa shape index (κ3) is 10.3. The first-order valence-electron chi connectivity index (χ1n) is 15.0. The number of benzene rings is 3. The van der Waals surface area contributed by atoms with E-state index in [1.807, 2.05) is 60.7 Å². The van der Waals surface area contributed by atoms with Gasteiger partial charge in [-0.25, -0.2) is 9.59 Å². The van der Waals surface area contributed by atoms with Gasteiger partial charge in [-0.15, -0.1) is 0 Å². The van der Waals surface area contributed by atoms with Crippen LogP contribution in [0.15, 0.2) is 91.0 Å². The Balaban J connectivity index is 1.48. The lowest BCUT2D eigenvalue weighted by molar-refractivity contribution is -0.195. The summed E-state index contributed by atoms with van der Waals surface area (Å²) < 4.78 is 27.6. The number of rotatable bonds is 14. The second-order valence-electron chi connectivity index (χ2n) is 10.8. The van der Waals surface area contributed by atoms with Gasteiger partial charge in [0.25, 0.3) is 0 Å². The number of amides is 1. The van der Waals surface area contributed by atoms with Crippen molar-refractivity contribution in [2.45, 2.75) is 64.3 Å². The Kier molecular flexibility index (Phi) is 12.4. The summed E-state index contributed by atoms with van der Waals surface area (Å²) >= 11 is 0. The molecule has 0 aromatic heterocycles. The molecule has 1 heterocycles. The summed E-state index contributed by atoms with van der Waals surface area (Å²) in [7, 11) is 0. The number of nitrogens with one attached hydrogen (secondary N) is 1. The summed E-state index contributed by atoms with van der Waals surface area (Å²) in [4.78, 5) is 63.0. The highest BCUT2D eigenvalue weighted by Gasteiger charge is 2.49. The van der Waals surface area contributed by atoms with E-state index in [1.165, 1.54) is 13.8 Å². The van der Waals surface area contributed by atoms with Crippen LogP contribution in [0.4, 0.5) is 4.79 Å². The van der Waals surface area contributed by atoms with Crippen LogP contribution in [0.2, 0.25) is 0 Å². The molecule has 11 nitrogen and oxygen atoms in total. The van der Waals surface area contributed by atoms with Crippen molar-refractivity contribution in [3.8, 4) is 0 Å². The smallest absolute Gasteiger partial charge is 0.408 e. The van der Waals surface area contributed by atoms with Crippen molar-refractivity contribution in [1.82, 2.24) is 5.32 Å². The zero-order chi connectivity index (χ0) is 32.9. The van der Waals surface area contributed by atoms with Crippen LogP contribution < -0.4 is 5.32 Å². The van der Waals surface area contributed by atoms with Gasteiger partial charge in [-0.3, -0.25) is 14.4 Å². The molecule has 0 spiro atoms. The first-order valence-corrected chi connectivity index (χ1v) is 15.0. The van der Waals surface area contributed by atoms with Gasteiger partial charge in [0.05, 0.1) is 11.6 Å². The molecule has 1 N–H and O–H groups in total. The van der Waals surface area contributed by atoms with E-state index in [1.54, 1.807) is 30.3 Å². The molecular weight excluding hydrogens is 594 g/mol. The van der Waals surface area contributed by atoms with E-state index < -0.39 is 54.5 Å². The summed E-state index contributed by atoms with van der Waals surface area (Å²) in [5, 5.41) is 2.69. The Morgan fingerprint density at radius 1 is 0.761 bits per heavy atom. The summed E-state index contributed by atoms with van der Waals surface area (Å²) in [6.07, 6.45) is -3.71. The summed E-state index contributed by atoms with van der Waals surface area (Å²) in [5.41, 5.74) is 1.95. The highest BCUT2D eigenvalue weighted by molar-refractivity contribution is 5.89. The number of ether oxygens (including phenoxy) is 5. The molecule has 3 aromatic carbocycles. The number of carbonyl (C=O) groups excluding carboxylic acids is 5. The van der Waals surface area contributed by atoms with Crippen molar-refractivity contribution < 1.29 is 47.7 Å². The summed E-state index contributed by atoms with van der Waals surface area (Å²) in [5.74, 6) is -2.91. The van der Waals surface area contributed by atoms with E-state index in [4.69, 9.17) is 23.7 Å². The Hall–Kier alpha value is -5.03. The first kappa shape index (κ1) is 33.9. The molecule has 4 rings (SSSR count). The maximum absolute atomic E-state index is 13.7. The lowest BCUT2D eigenvalue weighted by Gasteiger charge is -2.24. The maximum Gasteiger partial charge on any atom is 0.408 e. The molecule has 3 aromatic rings. The Morgan fingerprint density at radius 3 is 1.96 bits per heavy atom. The molecule has 5 atom stereocenters. The molecule has 1 aliphatic rings. The van der Waals surface area contributed by atoms with Crippen LogP contribution in [0.5, 0.6) is 0 Å². The predicted octanol–water partition coefficient (Wildman–Crippen LogP) is 4.57. The largest absolute Gasteiger partial charge is 0.459 e. The quantitative estimate of drug-likeness (QED) is 0.199. The molecule has 1 unspecified atom stereocenters. The van der Waals surface area contributed by atoms with Gasteiger partial charge in [-0.1, -0.05) is 78.9 Å². The maximum atomic E-state index is 13.7. The Labute approximate surface area is 267 Å². The minimum absolute atomic E-state index is 0.0311. The van der Waals surface area contributed by atoms with Gasteiger partial charge < -0.3 is 29.0 Å². The molecule has 1 aliphatic heterocycles. The molecule has 1 amide bonds. The van der Waals surface area contributed by atoms with Crippen LogP contribution >= 0.6 is 0 Å². The van der Waals surface area contributed by atoms with Crippen LogP contribution in [-0.2, 0) is 51.1 Å². The Morgan fingerprint density at radius 2 is 1.35 bits per heavy atom. The van der Waals surface area contributed by atoms with Crippen molar-refractivity contribution >= 4 is 29.8 Å². The molecule has 1 saturated heterocycles. The van der Waals surface area contributed by atoms with Gasteiger partial charge in [-0.2, -0.15) is 0 Å². The zero-order valence-electron chi connectivity index (χ0n) is 25.7. The van der Waals surface area contributed by atoms with E-state index in [0.29, 0.717) is 5.56 Å². The second-order valence-corrected chi connectivity index (χ2v) is 10.8. The molecule has 1 fully saturated rings. The normalized spacial score (nSPS) is 19.3. The highest BCUT2D eigenvalue weighted by Crippen LogP contribution is 2.35. The van der Waals surface area contributed by atoms with Gasteiger partial charge in [0.1, 0.15) is 19.3 Å². The SMILES string of the molecule is CC(=O)OC1[C@@H](OC(C)=O)O[C@H](COC(=O)c2ccccc2)[C@@H]1CCC(=O)[C@H](Cc1ccccc1)NC(=O)OCc1ccccc1. The van der Waals surface area contributed by atoms with E-state index >= 15 is 0 Å². The standard InChI is InChI=1S/C35H37NO10/c1-23(37)44-32-28(31(46-34(32)45-24(2)38)22-42-33(40)27-16-10-5-11-17-27)18-19-30(39)29(20-25-12-6-3-7-13-25)36-35(41)43-21-26-14-8-4-9-15-26/h3-17,28-29,31-32,34H,18-22H2,1-2H3,(H,36,41)/t28-,29-,31+,32?,34-/m0/s1. The van der Waals surface area contributed by atoms with E-state index in [9.17, 15) is 24.0 Å². The fraction of sp³-hybridized carbons (Fsp3) is 0.343. The van der Waals surface area contributed by atoms with E-state index in [2.05, 4.69) is 5.32 Å². The number of Topliss-reactive ketones (excluding diaryl/α,β-unsaturated/α-hetero) is 1. The third-order valence-corrected chi connectivity index (χ3v) is 7.35. The van der Waals surface area contributed by atoms with Crippen molar-refractivity contribution in [2.24, 2.45) is 5.92 Å². The number of hydrogen-bond acceptors (Lipinski definition) is 10. The van der Waals surface area contributed by atoms with E-state index in [-0.39, 0.29) is 38.3 Å². The zero-order valence-corrected chi connectivity index (χ0v) is 25.7. The van der Waals surface area contributed by atoms with Gasteiger partial charge >= 0.3 is 24.0 Å². The van der Waals surface area contributed by atoms with Crippen molar-refractivity contribution in [3.05, 3.63) is 108 Å². The fourth-order valence-electron chi connectivity index (χ4n) is 5.17. The molecule has 242 valence electrons. The molecular formula is C35H37NO10. The van der Waals surface area contributed by atoms with Crippen LogP contribution in [0.3, 0.4) is 0 Å².